The maximum atomic E-state index is 5.47. The standard InChI is InChI=1S/C7H12OS/c1-2-4-7-6(3-1)5-9-8-7/h6-7H,1-5H2. The van der Waals surface area contributed by atoms with Crippen LogP contribution in [0.15, 0.2) is 0 Å². The van der Waals surface area contributed by atoms with Crippen LogP contribution in [0.4, 0.5) is 0 Å². The molecule has 0 N–H and O–H groups in total. The van der Waals surface area contributed by atoms with E-state index >= 15 is 0 Å². The monoisotopic (exact) mass is 144 g/mol. The minimum atomic E-state index is 0.628. The molecule has 1 saturated carbocycles. The number of rotatable bonds is 0. The molecule has 0 spiro atoms. The molecule has 0 aromatic rings. The van der Waals surface area contributed by atoms with Gasteiger partial charge in [0.1, 0.15) is 0 Å². The Bertz CT molecular complexity index is 93.1. The maximum Gasteiger partial charge on any atom is 0.0759 e. The Morgan fingerprint density at radius 2 is 2.11 bits per heavy atom. The van der Waals surface area contributed by atoms with E-state index in [1.54, 1.807) is 12.0 Å². The summed E-state index contributed by atoms with van der Waals surface area (Å²) in [4.78, 5) is 0. The largest absolute Gasteiger partial charge is 0.312 e. The van der Waals surface area contributed by atoms with Gasteiger partial charge in [-0.15, -0.1) is 0 Å². The van der Waals surface area contributed by atoms with Crippen LogP contribution in [-0.4, -0.2) is 11.9 Å². The molecular weight excluding hydrogens is 132 g/mol. The summed E-state index contributed by atoms with van der Waals surface area (Å²) in [7, 11) is 0. The Morgan fingerprint density at radius 3 is 3.00 bits per heavy atom. The summed E-state index contributed by atoms with van der Waals surface area (Å²) in [6.45, 7) is 0. The molecule has 0 radical (unpaired) electrons. The highest BCUT2D eigenvalue weighted by Gasteiger charge is 2.31. The summed E-state index contributed by atoms with van der Waals surface area (Å²) in [5.41, 5.74) is 0. The Labute approximate surface area is 60.4 Å². The Hall–Kier alpha value is 0.310. The third-order valence-electron chi connectivity index (χ3n) is 2.31. The molecule has 1 aliphatic heterocycles. The molecule has 1 heterocycles. The zero-order chi connectivity index (χ0) is 6.10. The van der Waals surface area contributed by atoms with Gasteiger partial charge in [0.15, 0.2) is 0 Å². The van der Waals surface area contributed by atoms with Crippen LogP contribution in [0.5, 0.6) is 0 Å². The van der Waals surface area contributed by atoms with Crippen molar-refractivity contribution in [2.24, 2.45) is 5.92 Å². The van der Waals surface area contributed by atoms with Crippen molar-refractivity contribution in [2.45, 2.75) is 31.8 Å². The summed E-state index contributed by atoms with van der Waals surface area (Å²) < 4.78 is 5.47. The molecule has 2 aliphatic rings. The molecule has 1 nitrogen and oxygen atoms in total. The fraction of sp³-hybridized carbons (Fsp3) is 1.00. The average Bonchev–Trinajstić information content (AvgIpc) is 2.33. The Balaban J connectivity index is 1.97. The van der Waals surface area contributed by atoms with Crippen LogP contribution in [0.25, 0.3) is 0 Å². The smallest absolute Gasteiger partial charge is 0.0759 e. The minimum Gasteiger partial charge on any atom is -0.312 e. The van der Waals surface area contributed by atoms with Gasteiger partial charge in [-0.3, -0.25) is 0 Å². The molecule has 1 saturated heterocycles. The van der Waals surface area contributed by atoms with Crippen LogP contribution in [-0.2, 0) is 4.18 Å². The van der Waals surface area contributed by atoms with Gasteiger partial charge in [0.25, 0.3) is 0 Å². The second kappa shape index (κ2) is 2.51. The predicted octanol–water partition coefficient (Wildman–Crippen LogP) is 2.22. The summed E-state index contributed by atoms with van der Waals surface area (Å²) in [5, 5.41) is 0. The van der Waals surface area contributed by atoms with Crippen molar-refractivity contribution in [3.63, 3.8) is 0 Å². The molecule has 2 fully saturated rings. The molecule has 52 valence electrons. The average molecular weight is 144 g/mol. The van der Waals surface area contributed by atoms with Gasteiger partial charge in [0.05, 0.1) is 6.10 Å². The molecule has 1 aliphatic carbocycles. The van der Waals surface area contributed by atoms with Crippen molar-refractivity contribution in [1.82, 2.24) is 0 Å². The van der Waals surface area contributed by atoms with Gasteiger partial charge in [0, 0.05) is 5.75 Å². The van der Waals surface area contributed by atoms with Gasteiger partial charge < -0.3 is 4.18 Å². The summed E-state index contributed by atoms with van der Waals surface area (Å²) in [5.74, 6) is 2.16. The van der Waals surface area contributed by atoms with Gasteiger partial charge in [-0.1, -0.05) is 12.8 Å². The summed E-state index contributed by atoms with van der Waals surface area (Å²) >= 11 is 1.68. The zero-order valence-corrected chi connectivity index (χ0v) is 6.32. The van der Waals surface area contributed by atoms with Gasteiger partial charge in [-0.2, -0.15) is 0 Å². The highest BCUT2D eigenvalue weighted by Crippen LogP contribution is 2.37. The lowest BCUT2D eigenvalue weighted by Gasteiger charge is -2.21. The SMILES string of the molecule is C1CCC2OSCC2C1. The van der Waals surface area contributed by atoms with E-state index in [4.69, 9.17) is 4.18 Å². The van der Waals surface area contributed by atoms with Crippen molar-refractivity contribution >= 4 is 12.0 Å². The Kier molecular flexibility index (Phi) is 1.68. The maximum absolute atomic E-state index is 5.47. The van der Waals surface area contributed by atoms with E-state index in [-0.39, 0.29) is 0 Å². The quantitative estimate of drug-likeness (QED) is 0.482. The van der Waals surface area contributed by atoms with Crippen LogP contribution in [0.3, 0.4) is 0 Å². The lowest BCUT2D eigenvalue weighted by molar-refractivity contribution is 0.154. The van der Waals surface area contributed by atoms with Gasteiger partial charge in [-0.25, -0.2) is 0 Å². The molecule has 2 rings (SSSR count). The molecular formula is C7H12OS. The first kappa shape index (κ1) is 6.05. The number of fused-ring (bicyclic) bond motifs is 1. The highest BCUT2D eigenvalue weighted by molar-refractivity contribution is 7.94. The van der Waals surface area contributed by atoms with Gasteiger partial charge >= 0.3 is 0 Å². The summed E-state index contributed by atoms with van der Waals surface area (Å²) in [6.07, 6.45) is 6.19. The fourth-order valence-electron chi connectivity index (χ4n) is 1.71. The van der Waals surface area contributed by atoms with Crippen molar-refractivity contribution in [3.8, 4) is 0 Å². The van der Waals surface area contributed by atoms with Crippen LogP contribution in [0, 0.1) is 5.92 Å². The topological polar surface area (TPSA) is 9.23 Å². The third-order valence-corrected chi connectivity index (χ3v) is 3.26. The second-order valence-electron chi connectivity index (χ2n) is 2.96. The minimum absolute atomic E-state index is 0.628. The molecule has 0 aromatic heterocycles. The normalized spacial score (nSPS) is 42.7. The lowest BCUT2D eigenvalue weighted by Crippen LogP contribution is -2.21. The van der Waals surface area contributed by atoms with Gasteiger partial charge in [0.2, 0.25) is 0 Å². The van der Waals surface area contributed by atoms with E-state index in [0.717, 1.165) is 5.92 Å². The first-order chi connectivity index (χ1) is 4.47. The van der Waals surface area contributed by atoms with Crippen LogP contribution in [0.1, 0.15) is 25.7 Å². The lowest BCUT2D eigenvalue weighted by atomic mass is 9.88. The fourth-order valence-corrected chi connectivity index (χ4v) is 2.77. The van der Waals surface area contributed by atoms with E-state index in [1.807, 2.05) is 0 Å². The molecule has 9 heavy (non-hydrogen) atoms. The molecule has 2 unspecified atom stereocenters. The summed E-state index contributed by atoms with van der Waals surface area (Å²) in [6, 6.07) is 0. The number of hydrogen-bond donors (Lipinski definition) is 0. The third kappa shape index (κ3) is 1.10. The van der Waals surface area contributed by atoms with Gasteiger partial charge in [-0.05, 0) is 30.8 Å². The van der Waals surface area contributed by atoms with E-state index in [2.05, 4.69) is 0 Å². The molecule has 0 bridgehead atoms. The van der Waals surface area contributed by atoms with Crippen LogP contribution in [0.2, 0.25) is 0 Å². The van der Waals surface area contributed by atoms with Crippen molar-refractivity contribution in [3.05, 3.63) is 0 Å². The van der Waals surface area contributed by atoms with E-state index in [1.165, 1.54) is 31.4 Å². The Morgan fingerprint density at radius 1 is 1.22 bits per heavy atom. The second-order valence-corrected chi connectivity index (χ2v) is 3.73. The van der Waals surface area contributed by atoms with Crippen molar-refractivity contribution in [2.75, 3.05) is 5.75 Å². The van der Waals surface area contributed by atoms with Crippen molar-refractivity contribution < 1.29 is 4.18 Å². The first-order valence-electron chi connectivity index (χ1n) is 3.75. The van der Waals surface area contributed by atoms with E-state index < -0.39 is 0 Å². The van der Waals surface area contributed by atoms with E-state index in [9.17, 15) is 0 Å². The van der Waals surface area contributed by atoms with Crippen molar-refractivity contribution in [1.29, 1.82) is 0 Å². The molecule has 2 atom stereocenters. The van der Waals surface area contributed by atoms with Crippen LogP contribution < -0.4 is 0 Å². The predicted molar refractivity (Wildman–Crippen MR) is 39.3 cm³/mol. The highest BCUT2D eigenvalue weighted by atomic mass is 32.2. The van der Waals surface area contributed by atoms with E-state index in [0.29, 0.717) is 6.10 Å². The molecule has 0 amide bonds. The zero-order valence-electron chi connectivity index (χ0n) is 5.51. The molecule has 2 heteroatoms. The molecule has 0 aromatic carbocycles. The van der Waals surface area contributed by atoms with Crippen LogP contribution >= 0.6 is 12.0 Å². The number of hydrogen-bond acceptors (Lipinski definition) is 2. The first-order valence-corrected chi connectivity index (χ1v) is 4.66.